The average Bonchev–Trinajstić information content (AvgIpc) is 2.34. The first-order chi connectivity index (χ1) is 8.38. The maximum absolute atomic E-state index is 12.2. The molecule has 0 radical (unpaired) electrons. The van der Waals surface area contributed by atoms with Gasteiger partial charge in [-0.25, -0.2) is 0 Å². The number of rotatable bonds is 4. The molecule has 1 aliphatic carbocycles. The normalized spacial score (nSPS) is 26.7. The first kappa shape index (κ1) is 15.5. The van der Waals surface area contributed by atoms with Gasteiger partial charge >= 0.3 is 0 Å². The summed E-state index contributed by atoms with van der Waals surface area (Å²) in [6.07, 6.45) is 5.76. The second-order valence-corrected chi connectivity index (χ2v) is 6.79. The predicted molar refractivity (Wildman–Crippen MR) is 76.2 cm³/mol. The number of carbonyl (C=O) groups excluding carboxylic acids is 1. The molecule has 1 amide bonds. The lowest BCUT2D eigenvalue weighted by molar-refractivity contribution is -0.127. The third-order valence-electron chi connectivity index (χ3n) is 4.39. The van der Waals surface area contributed by atoms with Crippen LogP contribution in [0.15, 0.2) is 0 Å². The quantitative estimate of drug-likeness (QED) is 0.810. The van der Waals surface area contributed by atoms with Crippen LogP contribution in [0, 0.1) is 17.3 Å². The molecule has 3 N–H and O–H groups in total. The standard InChI is InChI=1S/C15H30N2O/c1-5-11-6-8-12(9-7-11)14(18)17-13(10-16)15(2,3)4/h11-13H,5-10,16H2,1-4H3,(H,17,18). The van der Waals surface area contributed by atoms with Crippen LogP contribution >= 0.6 is 0 Å². The fourth-order valence-electron chi connectivity index (χ4n) is 2.75. The highest BCUT2D eigenvalue weighted by atomic mass is 16.1. The fourth-order valence-corrected chi connectivity index (χ4v) is 2.75. The zero-order valence-corrected chi connectivity index (χ0v) is 12.5. The van der Waals surface area contributed by atoms with E-state index in [2.05, 4.69) is 33.0 Å². The van der Waals surface area contributed by atoms with Gasteiger partial charge in [0.15, 0.2) is 0 Å². The zero-order chi connectivity index (χ0) is 13.8. The molecule has 3 heteroatoms. The highest BCUT2D eigenvalue weighted by Crippen LogP contribution is 2.31. The summed E-state index contributed by atoms with van der Waals surface area (Å²) in [7, 11) is 0. The second kappa shape index (κ2) is 6.55. The first-order valence-electron chi connectivity index (χ1n) is 7.38. The lowest BCUT2D eigenvalue weighted by atomic mass is 9.80. The minimum absolute atomic E-state index is 0.0328. The molecule has 1 fully saturated rings. The van der Waals surface area contributed by atoms with Gasteiger partial charge in [-0.2, -0.15) is 0 Å². The Bertz CT molecular complexity index is 262. The number of hydrogen-bond donors (Lipinski definition) is 2. The molecule has 0 heterocycles. The SMILES string of the molecule is CCC1CCC(C(=O)NC(CN)C(C)(C)C)CC1. The Labute approximate surface area is 112 Å². The highest BCUT2D eigenvalue weighted by Gasteiger charge is 2.30. The van der Waals surface area contributed by atoms with E-state index >= 15 is 0 Å². The summed E-state index contributed by atoms with van der Waals surface area (Å²) in [6.45, 7) is 9.13. The van der Waals surface area contributed by atoms with Crippen molar-refractivity contribution in [2.24, 2.45) is 23.0 Å². The Morgan fingerprint density at radius 3 is 2.22 bits per heavy atom. The van der Waals surface area contributed by atoms with Gasteiger partial charge in [-0.3, -0.25) is 4.79 Å². The molecular weight excluding hydrogens is 224 g/mol. The minimum atomic E-state index is 0.0328. The smallest absolute Gasteiger partial charge is 0.223 e. The first-order valence-corrected chi connectivity index (χ1v) is 7.38. The van der Waals surface area contributed by atoms with Crippen LogP contribution in [0.1, 0.15) is 59.8 Å². The Balaban J connectivity index is 2.46. The van der Waals surface area contributed by atoms with E-state index in [0.717, 1.165) is 18.8 Å². The third kappa shape index (κ3) is 4.27. The number of nitrogens with two attached hydrogens (primary N) is 1. The average molecular weight is 254 g/mol. The van der Waals surface area contributed by atoms with Gasteiger partial charge in [0.05, 0.1) is 0 Å². The topological polar surface area (TPSA) is 55.1 Å². The van der Waals surface area contributed by atoms with Gasteiger partial charge in [0.25, 0.3) is 0 Å². The van der Waals surface area contributed by atoms with E-state index in [0.29, 0.717) is 6.54 Å². The largest absolute Gasteiger partial charge is 0.351 e. The van der Waals surface area contributed by atoms with Crippen LogP contribution < -0.4 is 11.1 Å². The summed E-state index contributed by atoms with van der Waals surface area (Å²) < 4.78 is 0. The van der Waals surface area contributed by atoms with Crippen molar-refractivity contribution in [3.05, 3.63) is 0 Å². The molecule has 0 bridgehead atoms. The van der Waals surface area contributed by atoms with Gasteiger partial charge in [-0.1, -0.05) is 34.1 Å². The molecule has 3 nitrogen and oxygen atoms in total. The monoisotopic (exact) mass is 254 g/mol. The van der Waals surface area contributed by atoms with Crippen molar-refractivity contribution >= 4 is 5.91 Å². The lowest BCUT2D eigenvalue weighted by Crippen LogP contribution is -2.50. The summed E-state index contributed by atoms with van der Waals surface area (Å²) >= 11 is 0. The maximum atomic E-state index is 12.2. The van der Waals surface area contributed by atoms with Crippen molar-refractivity contribution in [2.75, 3.05) is 6.54 Å². The van der Waals surface area contributed by atoms with E-state index in [9.17, 15) is 4.79 Å². The van der Waals surface area contributed by atoms with E-state index in [1.54, 1.807) is 0 Å². The van der Waals surface area contributed by atoms with Crippen molar-refractivity contribution in [3.63, 3.8) is 0 Å². The summed E-state index contributed by atoms with van der Waals surface area (Å²) in [5, 5.41) is 3.15. The van der Waals surface area contributed by atoms with Crippen molar-refractivity contribution in [3.8, 4) is 0 Å². The Kier molecular flexibility index (Phi) is 5.64. The summed E-state index contributed by atoms with van der Waals surface area (Å²) in [5.74, 6) is 1.26. The van der Waals surface area contributed by atoms with Crippen LogP contribution in [-0.2, 0) is 4.79 Å². The van der Waals surface area contributed by atoms with E-state index < -0.39 is 0 Å². The van der Waals surface area contributed by atoms with Crippen LogP contribution in [-0.4, -0.2) is 18.5 Å². The maximum Gasteiger partial charge on any atom is 0.223 e. The van der Waals surface area contributed by atoms with Gasteiger partial charge in [-0.15, -0.1) is 0 Å². The lowest BCUT2D eigenvalue weighted by Gasteiger charge is -2.33. The van der Waals surface area contributed by atoms with Crippen molar-refractivity contribution in [2.45, 2.75) is 65.8 Å². The molecule has 1 aliphatic rings. The predicted octanol–water partition coefficient (Wildman–Crippen LogP) is 2.69. The molecule has 0 aromatic rings. The van der Waals surface area contributed by atoms with Crippen LogP contribution in [0.25, 0.3) is 0 Å². The summed E-state index contributed by atoms with van der Waals surface area (Å²) in [4.78, 5) is 12.2. The molecule has 1 saturated carbocycles. The van der Waals surface area contributed by atoms with Gasteiger partial charge in [0.2, 0.25) is 5.91 Å². The van der Waals surface area contributed by atoms with Crippen LogP contribution in [0.4, 0.5) is 0 Å². The molecule has 0 aromatic heterocycles. The molecule has 1 atom stereocenters. The van der Waals surface area contributed by atoms with Gasteiger partial charge in [0.1, 0.15) is 0 Å². The van der Waals surface area contributed by atoms with Crippen LogP contribution in [0.3, 0.4) is 0 Å². The van der Waals surface area contributed by atoms with Crippen molar-refractivity contribution < 1.29 is 4.79 Å². The molecular formula is C15H30N2O. The summed E-state index contributed by atoms with van der Waals surface area (Å²) in [5.41, 5.74) is 5.80. The molecule has 1 unspecified atom stereocenters. The van der Waals surface area contributed by atoms with E-state index in [1.165, 1.54) is 19.3 Å². The molecule has 0 saturated heterocycles. The molecule has 18 heavy (non-hydrogen) atoms. The van der Waals surface area contributed by atoms with E-state index in [1.807, 2.05) is 0 Å². The van der Waals surface area contributed by atoms with Gasteiger partial charge in [-0.05, 0) is 37.0 Å². The van der Waals surface area contributed by atoms with E-state index in [4.69, 9.17) is 5.73 Å². The Morgan fingerprint density at radius 1 is 1.28 bits per heavy atom. The van der Waals surface area contributed by atoms with E-state index in [-0.39, 0.29) is 23.3 Å². The number of hydrogen-bond acceptors (Lipinski definition) is 2. The fraction of sp³-hybridized carbons (Fsp3) is 0.933. The third-order valence-corrected chi connectivity index (χ3v) is 4.39. The van der Waals surface area contributed by atoms with Gasteiger partial charge < -0.3 is 11.1 Å². The molecule has 1 rings (SSSR count). The zero-order valence-electron chi connectivity index (χ0n) is 12.5. The number of carbonyl (C=O) groups is 1. The molecule has 0 spiro atoms. The highest BCUT2D eigenvalue weighted by molar-refractivity contribution is 5.79. The number of nitrogens with one attached hydrogen (secondary N) is 1. The van der Waals surface area contributed by atoms with Crippen LogP contribution in [0.2, 0.25) is 0 Å². The van der Waals surface area contributed by atoms with Crippen molar-refractivity contribution in [1.82, 2.24) is 5.32 Å². The second-order valence-electron chi connectivity index (χ2n) is 6.79. The number of amides is 1. The Hall–Kier alpha value is -0.570. The van der Waals surface area contributed by atoms with Crippen molar-refractivity contribution in [1.29, 1.82) is 0 Å². The molecule has 0 aromatic carbocycles. The minimum Gasteiger partial charge on any atom is -0.351 e. The van der Waals surface area contributed by atoms with Crippen LogP contribution in [0.5, 0.6) is 0 Å². The molecule has 106 valence electrons. The van der Waals surface area contributed by atoms with Gasteiger partial charge in [0, 0.05) is 18.5 Å². The summed E-state index contributed by atoms with van der Waals surface area (Å²) in [6, 6.07) is 0.0777. The molecule has 0 aliphatic heterocycles. The Morgan fingerprint density at radius 2 is 1.83 bits per heavy atom.